The molecule has 2 atom stereocenters. The number of aryl methyl sites for hydroxylation is 1. The van der Waals surface area contributed by atoms with Crippen molar-refractivity contribution in [3.05, 3.63) is 95.2 Å². The number of benzene rings is 2. The third-order valence-corrected chi connectivity index (χ3v) is 7.13. The molecule has 208 valence electrons. The summed E-state index contributed by atoms with van der Waals surface area (Å²) in [6.45, 7) is 3.38. The maximum Gasteiger partial charge on any atom is 0.243 e. The molecule has 0 bridgehead atoms. The fourth-order valence-corrected chi connectivity index (χ4v) is 5.03. The van der Waals surface area contributed by atoms with Crippen molar-refractivity contribution in [1.82, 2.24) is 24.8 Å². The van der Waals surface area contributed by atoms with Gasteiger partial charge in [0, 0.05) is 53.6 Å². The summed E-state index contributed by atoms with van der Waals surface area (Å²) in [5.74, 6) is 5.85. The molecule has 1 aliphatic rings. The van der Waals surface area contributed by atoms with E-state index in [0.717, 1.165) is 5.56 Å². The highest BCUT2D eigenvalue weighted by atomic mass is 19.1. The van der Waals surface area contributed by atoms with Crippen LogP contribution in [0.2, 0.25) is 0 Å². The number of amides is 2. The van der Waals surface area contributed by atoms with E-state index in [9.17, 15) is 18.8 Å². The number of halogens is 1. The lowest BCUT2D eigenvalue weighted by atomic mass is 10.1. The van der Waals surface area contributed by atoms with Crippen molar-refractivity contribution in [3.8, 4) is 11.8 Å². The zero-order chi connectivity index (χ0) is 28.9. The molecule has 1 aliphatic heterocycles. The van der Waals surface area contributed by atoms with Crippen molar-refractivity contribution >= 4 is 28.5 Å². The van der Waals surface area contributed by atoms with Crippen LogP contribution in [0.15, 0.2) is 67.1 Å². The molecule has 2 aromatic carbocycles. The van der Waals surface area contributed by atoms with E-state index in [1.54, 1.807) is 36.1 Å². The largest absolute Gasteiger partial charge is 0.354 e. The van der Waals surface area contributed by atoms with Crippen LogP contribution in [0.4, 0.5) is 4.39 Å². The molecule has 5 rings (SSSR count). The van der Waals surface area contributed by atoms with E-state index < -0.39 is 12.2 Å². The predicted octanol–water partition coefficient (Wildman–Crippen LogP) is 3.64. The predicted molar refractivity (Wildman–Crippen MR) is 153 cm³/mol. The average molecular weight is 552 g/mol. The number of aromatic nitrogens is 3. The number of fused-ring (bicyclic) bond motifs is 1. The molecule has 0 spiro atoms. The number of nitrogens with zero attached hydrogens (tertiary/aromatic N) is 4. The number of Topliss-reactive ketones (excluding diaryl/α,β-unsaturated/α-hetero) is 1. The zero-order valence-electron chi connectivity index (χ0n) is 22.9. The van der Waals surface area contributed by atoms with Gasteiger partial charge in [0.1, 0.15) is 24.6 Å². The van der Waals surface area contributed by atoms with Gasteiger partial charge in [-0.3, -0.25) is 14.4 Å². The standard InChI is InChI=1S/C32H30FN5O3/c1-21(39)28-19-37(29-11-10-24(14-27(28)29)8-9-25-16-35-22(2)36-17-25)20-31(40)38-18-26(33)15-30(38)32(41)34-13-12-23-6-4-3-5-7-23/h3-7,10-11,14,16-17,19,26,30H,12-13,15,18,20H2,1-2H3,(H,34,41)/t26-,30+/m1/s1. The molecule has 9 heteroatoms. The molecule has 8 nitrogen and oxygen atoms in total. The maximum absolute atomic E-state index is 14.4. The summed E-state index contributed by atoms with van der Waals surface area (Å²) in [5.41, 5.74) is 3.56. The molecule has 41 heavy (non-hydrogen) atoms. The smallest absolute Gasteiger partial charge is 0.243 e. The Morgan fingerprint density at radius 1 is 1.05 bits per heavy atom. The molecule has 2 amide bonds. The number of hydrogen-bond donors (Lipinski definition) is 1. The second-order valence-corrected chi connectivity index (χ2v) is 10.1. The molecule has 2 aromatic heterocycles. The van der Waals surface area contributed by atoms with Crippen LogP contribution in [0.25, 0.3) is 10.9 Å². The second kappa shape index (κ2) is 12.1. The molecule has 1 N–H and O–H groups in total. The summed E-state index contributed by atoms with van der Waals surface area (Å²) in [6.07, 6.45) is 4.25. The van der Waals surface area contributed by atoms with Gasteiger partial charge in [-0.05, 0) is 44.0 Å². The van der Waals surface area contributed by atoms with Gasteiger partial charge in [0.25, 0.3) is 0 Å². The van der Waals surface area contributed by atoms with E-state index >= 15 is 0 Å². The van der Waals surface area contributed by atoms with E-state index in [4.69, 9.17) is 0 Å². The summed E-state index contributed by atoms with van der Waals surface area (Å²) < 4.78 is 16.1. The molecular weight excluding hydrogens is 521 g/mol. The summed E-state index contributed by atoms with van der Waals surface area (Å²) in [4.78, 5) is 48.4. The van der Waals surface area contributed by atoms with Gasteiger partial charge in [-0.15, -0.1) is 0 Å². The molecule has 0 radical (unpaired) electrons. The van der Waals surface area contributed by atoms with Crippen LogP contribution < -0.4 is 5.32 Å². The van der Waals surface area contributed by atoms with E-state index in [2.05, 4.69) is 27.1 Å². The Hall–Kier alpha value is -4.84. The average Bonchev–Trinajstić information content (AvgIpc) is 3.54. The fourth-order valence-electron chi connectivity index (χ4n) is 5.03. The molecule has 0 aliphatic carbocycles. The van der Waals surface area contributed by atoms with Gasteiger partial charge in [-0.2, -0.15) is 0 Å². The molecule has 1 saturated heterocycles. The van der Waals surface area contributed by atoms with Crippen LogP contribution in [0.5, 0.6) is 0 Å². The Morgan fingerprint density at radius 3 is 2.51 bits per heavy atom. The van der Waals surface area contributed by atoms with Gasteiger partial charge in [-0.25, -0.2) is 14.4 Å². The highest BCUT2D eigenvalue weighted by Gasteiger charge is 2.39. The Balaban J connectivity index is 1.32. The van der Waals surface area contributed by atoms with Crippen LogP contribution in [0.3, 0.4) is 0 Å². The van der Waals surface area contributed by atoms with Crippen LogP contribution in [-0.4, -0.2) is 62.3 Å². The van der Waals surface area contributed by atoms with Crippen molar-refractivity contribution in [2.75, 3.05) is 13.1 Å². The maximum atomic E-state index is 14.4. The third-order valence-electron chi connectivity index (χ3n) is 7.13. The lowest BCUT2D eigenvalue weighted by Gasteiger charge is -2.24. The minimum Gasteiger partial charge on any atom is -0.354 e. The molecule has 4 aromatic rings. The van der Waals surface area contributed by atoms with E-state index in [0.29, 0.717) is 46.4 Å². The number of alkyl halides is 1. The van der Waals surface area contributed by atoms with Gasteiger partial charge in [0.15, 0.2) is 5.78 Å². The van der Waals surface area contributed by atoms with E-state index in [-0.39, 0.29) is 37.1 Å². The Kier molecular flexibility index (Phi) is 8.20. The Bertz CT molecular complexity index is 1650. The molecular formula is C32H30FN5O3. The van der Waals surface area contributed by atoms with Gasteiger partial charge in [-0.1, -0.05) is 42.2 Å². The molecule has 0 unspecified atom stereocenters. The first-order valence-electron chi connectivity index (χ1n) is 13.5. The summed E-state index contributed by atoms with van der Waals surface area (Å²) in [6, 6.07) is 14.3. The number of nitrogens with one attached hydrogen (secondary N) is 1. The highest BCUT2D eigenvalue weighted by Crippen LogP contribution is 2.26. The van der Waals surface area contributed by atoms with Gasteiger partial charge < -0.3 is 14.8 Å². The van der Waals surface area contributed by atoms with Crippen LogP contribution in [-0.2, 0) is 22.6 Å². The van der Waals surface area contributed by atoms with Crippen LogP contribution in [0, 0.1) is 18.8 Å². The first kappa shape index (κ1) is 27.7. The molecule has 3 heterocycles. The first-order valence-corrected chi connectivity index (χ1v) is 13.5. The Labute approximate surface area is 237 Å². The lowest BCUT2D eigenvalue weighted by Crippen LogP contribution is -2.47. The summed E-state index contributed by atoms with van der Waals surface area (Å²) in [7, 11) is 0. The van der Waals surface area contributed by atoms with Crippen molar-refractivity contribution in [3.63, 3.8) is 0 Å². The van der Waals surface area contributed by atoms with Crippen LogP contribution >= 0.6 is 0 Å². The normalized spacial score (nSPS) is 16.3. The highest BCUT2D eigenvalue weighted by molar-refractivity contribution is 6.07. The summed E-state index contributed by atoms with van der Waals surface area (Å²) >= 11 is 0. The minimum absolute atomic E-state index is 0.0396. The zero-order valence-corrected chi connectivity index (χ0v) is 22.9. The minimum atomic E-state index is -1.28. The monoisotopic (exact) mass is 551 g/mol. The van der Waals surface area contributed by atoms with Gasteiger partial charge in [0.05, 0.1) is 12.1 Å². The topological polar surface area (TPSA) is 97.2 Å². The van der Waals surface area contributed by atoms with Crippen molar-refractivity contribution in [1.29, 1.82) is 0 Å². The van der Waals surface area contributed by atoms with Gasteiger partial charge in [0.2, 0.25) is 11.8 Å². The molecule has 0 saturated carbocycles. The summed E-state index contributed by atoms with van der Waals surface area (Å²) in [5, 5.41) is 3.52. The second-order valence-electron chi connectivity index (χ2n) is 10.1. The van der Waals surface area contributed by atoms with E-state index in [1.807, 2.05) is 42.5 Å². The lowest BCUT2D eigenvalue weighted by molar-refractivity contribution is -0.138. The van der Waals surface area contributed by atoms with Crippen LogP contribution in [0.1, 0.15) is 46.2 Å². The third kappa shape index (κ3) is 6.49. The SMILES string of the molecule is CC(=O)c1cn(CC(=O)N2C[C@H](F)C[C@H]2C(=O)NCCc2ccccc2)c2ccc(C#Cc3cnc(C)nc3)cc12. The number of likely N-dealkylation sites (tertiary alicyclic amines) is 1. The number of carbonyl (C=O) groups excluding carboxylic acids is 3. The fraction of sp³-hybridized carbons (Fsp3) is 0.281. The van der Waals surface area contributed by atoms with Crippen molar-refractivity contribution in [2.45, 2.75) is 45.4 Å². The number of rotatable bonds is 7. The van der Waals surface area contributed by atoms with Crippen molar-refractivity contribution < 1.29 is 18.8 Å². The van der Waals surface area contributed by atoms with Crippen molar-refractivity contribution in [2.24, 2.45) is 0 Å². The van der Waals surface area contributed by atoms with E-state index in [1.165, 1.54) is 11.8 Å². The Morgan fingerprint density at radius 2 is 1.78 bits per heavy atom. The number of ketones is 1. The number of hydrogen-bond acceptors (Lipinski definition) is 5. The van der Waals surface area contributed by atoms with Gasteiger partial charge >= 0.3 is 0 Å². The number of carbonyl (C=O) groups is 3. The first-order chi connectivity index (χ1) is 19.8. The molecule has 1 fully saturated rings. The quantitative estimate of drug-likeness (QED) is 0.280.